The van der Waals surface area contributed by atoms with Gasteiger partial charge in [0.1, 0.15) is 0 Å². The van der Waals surface area contributed by atoms with Gasteiger partial charge < -0.3 is 4.42 Å². The summed E-state index contributed by atoms with van der Waals surface area (Å²) in [5.41, 5.74) is 0.715. The fourth-order valence-electron chi connectivity index (χ4n) is 1.37. The summed E-state index contributed by atoms with van der Waals surface area (Å²) in [6, 6.07) is 5.11. The first kappa shape index (κ1) is 12.7. The molecule has 0 saturated heterocycles. The molecule has 0 radical (unpaired) electrons. The fourth-order valence-corrected chi connectivity index (χ4v) is 2.03. The van der Waals surface area contributed by atoms with Gasteiger partial charge in [-0.1, -0.05) is 23.2 Å². The van der Waals surface area contributed by atoms with Crippen LogP contribution in [-0.2, 0) is 6.42 Å². The molecule has 0 N–H and O–H groups in total. The quantitative estimate of drug-likeness (QED) is 0.792. The number of hydrogen-bond acceptors (Lipinski definition) is 3. The second-order valence-corrected chi connectivity index (χ2v) is 4.70. The molecule has 2 aromatic rings. The summed E-state index contributed by atoms with van der Waals surface area (Å²) in [5, 5.41) is 8.94. The van der Waals surface area contributed by atoms with E-state index in [2.05, 4.69) is 10.2 Å². The minimum atomic E-state index is 0.416. The number of alkyl halides is 1. The predicted molar refractivity (Wildman–Crippen MR) is 68.8 cm³/mol. The molecular weight excluding hydrogens is 282 g/mol. The van der Waals surface area contributed by atoms with Crippen LogP contribution in [0, 0.1) is 0 Å². The molecular formula is C11H9Cl3N2O. The van der Waals surface area contributed by atoms with Gasteiger partial charge in [-0.25, -0.2) is 0 Å². The topological polar surface area (TPSA) is 38.9 Å². The average Bonchev–Trinajstić information content (AvgIpc) is 2.73. The Morgan fingerprint density at radius 2 is 1.76 bits per heavy atom. The van der Waals surface area contributed by atoms with E-state index >= 15 is 0 Å². The standard InChI is InChI=1S/C11H9Cl3N2O/c12-3-1-2-10-15-16-11(17-10)7-4-8(13)6-9(14)5-7/h4-6H,1-3H2. The largest absolute Gasteiger partial charge is 0.421 e. The van der Waals surface area contributed by atoms with Crippen LogP contribution in [0.4, 0.5) is 0 Å². The van der Waals surface area contributed by atoms with Crippen molar-refractivity contribution in [2.75, 3.05) is 5.88 Å². The summed E-state index contributed by atoms with van der Waals surface area (Å²) in [4.78, 5) is 0. The van der Waals surface area contributed by atoms with Crippen molar-refractivity contribution >= 4 is 34.8 Å². The molecule has 3 nitrogen and oxygen atoms in total. The van der Waals surface area contributed by atoms with E-state index in [0.29, 0.717) is 39.7 Å². The molecule has 0 unspecified atom stereocenters. The normalized spacial score (nSPS) is 10.8. The summed E-state index contributed by atoms with van der Waals surface area (Å²) in [6.07, 6.45) is 1.48. The van der Waals surface area contributed by atoms with Crippen LogP contribution in [0.5, 0.6) is 0 Å². The van der Waals surface area contributed by atoms with Crippen molar-refractivity contribution in [2.45, 2.75) is 12.8 Å². The highest BCUT2D eigenvalue weighted by atomic mass is 35.5. The monoisotopic (exact) mass is 290 g/mol. The Bertz CT molecular complexity index is 493. The third-order valence-electron chi connectivity index (χ3n) is 2.10. The summed E-state index contributed by atoms with van der Waals surface area (Å²) in [7, 11) is 0. The van der Waals surface area contributed by atoms with Crippen LogP contribution < -0.4 is 0 Å². The van der Waals surface area contributed by atoms with Crippen molar-refractivity contribution in [3.63, 3.8) is 0 Å². The first-order valence-corrected chi connectivity index (χ1v) is 6.33. The number of halogens is 3. The summed E-state index contributed by atoms with van der Waals surface area (Å²) in [6.45, 7) is 0. The maximum atomic E-state index is 5.90. The molecule has 2 rings (SSSR count). The van der Waals surface area contributed by atoms with Crippen LogP contribution in [0.15, 0.2) is 22.6 Å². The molecule has 90 valence electrons. The number of hydrogen-bond donors (Lipinski definition) is 0. The van der Waals surface area contributed by atoms with E-state index in [0.717, 1.165) is 6.42 Å². The van der Waals surface area contributed by atoms with Crippen LogP contribution in [0.25, 0.3) is 11.5 Å². The maximum absolute atomic E-state index is 5.90. The number of benzene rings is 1. The van der Waals surface area contributed by atoms with Gasteiger partial charge >= 0.3 is 0 Å². The molecule has 0 aliphatic carbocycles. The molecule has 17 heavy (non-hydrogen) atoms. The first-order chi connectivity index (χ1) is 8.19. The van der Waals surface area contributed by atoms with Crippen molar-refractivity contribution in [3.05, 3.63) is 34.1 Å². The van der Waals surface area contributed by atoms with E-state index in [-0.39, 0.29) is 0 Å². The SMILES string of the molecule is ClCCCc1nnc(-c2cc(Cl)cc(Cl)c2)o1. The van der Waals surface area contributed by atoms with Crippen molar-refractivity contribution in [1.82, 2.24) is 10.2 Å². The zero-order chi connectivity index (χ0) is 12.3. The Labute approximate surface area is 114 Å². The minimum absolute atomic E-state index is 0.416. The molecule has 0 aliphatic heterocycles. The van der Waals surface area contributed by atoms with Crippen LogP contribution in [0.3, 0.4) is 0 Å². The van der Waals surface area contributed by atoms with Gasteiger partial charge in [-0.05, 0) is 24.6 Å². The highest BCUT2D eigenvalue weighted by Crippen LogP contribution is 2.26. The number of rotatable bonds is 4. The molecule has 1 aromatic carbocycles. The third-order valence-corrected chi connectivity index (χ3v) is 2.80. The molecule has 6 heteroatoms. The van der Waals surface area contributed by atoms with E-state index in [4.69, 9.17) is 39.2 Å². The van der Waals surface area contributed by atoms with Gasteiger partial charge in [-0.2, -0.15) is 0 Å². The van der Waals surface area contributed by atoms with E-state index in [9.17, 15) is 0 Å². The first-order valence-electron chi connectivity index (χ1n) is 5.04. The van der Waals surface area contributed by atoms with E-state index < -0.39 is 0 Å². The van der Waals surface area contributed by atoms with Gasteiger partial charge in [0.25, 0.3) is 0 Å². The van der Waals surface area contributed by atoms with Crippen molar-refractivity contribution in [3.8, 4) is 11.5 Å². The third kappa shape index (κ3) is 3.35. The average molecular weight is 292 g/mol. The Morgan fingerprint density at radius 3 is 2.41 bits per heavy atom. The smallest absolute Gasteiger partial charge is 0.247 e. The zero-order valence-corrected chi connectivity index (χ0v) is 11.1. The fraction of sp³-hybridized carbons (Fsp3) is 0.273. The van der Waals surface area contributed by atoms with E-state index in [1.54, 1.807) is 18.2 Å². The van der Waals surface area contributed by atoms with Crippen molar-refractivity contribution in [1.29, 1.82) is 0 Å². The summed E-state index contributed by atoms with van der Waals surface area (Å²) >= 11 is 17.4. The molecule has 0 amide bonds. The number of nitrogens with zero attached hydrogens (tertiary/aromatic N) is 2. The highest BCUT2D eigenvalue weighted by Gasteiger charge is 2.09. The maximum Gasteiger partial charge on any atom is 0.247 e. The van der Waals surface area contributed by atoms with Crippen LogP contribution >= 0.6 is 34.8 Å². The van der Waals surface area contributed by atoms with E-state index in [1.807, 2.05) is 0 Å². The Hall–Kier alpha value is -0.770. The van der Waals surface area contributed by atoms with Crippen LogP contribution in [-0.4, -0.2) is 16.1 Å². The van der Waals surface area contributed by atoms with Crippen LogP contribution in [0.1, 0.15) is 12.3 Å². The van der Waals surface area contributed by atoms with Gasteiger partial charge in [0.05, 0.1) is 0 Å². The second-order valence-electron chi connectivity index (χ2n) is 3.45. The Kier molecular flexibility index (Phi) is 4.26. The molecule has 0 bridgehead atoms. The Balaban J connectivity index is 2.24. The van der Waals surface area contributed by atoms with Crippen LogP contribution in [0.2, 0.25) is 10.0 Å². The lowest BCUT2D eigenvalue weighted by Gasteiger charge is -1.97. The molecule has 1 heterocycles. The van der Waals surface area contributed by atoms with Gasteiger partial charge in [0, 0.05) is 27.9 Å². The predicted octanol–water partition coefficient (Wildman–Crippen LogP) is 4.21. The molecule has 1 aromatic heterocycles. The lowest BCUT2D eigenvalue weighted by atomic mass is 10.2. The molecule has 0 atom stereocenters. The van der Waals surface area contributed by atoms with Crippen molar-refractivity contribution in [2.24, 2.45) is 0 Å². The summed E-state index contributed by atoms with van der Waals surface area (Å²) < 4.78 is 5.48. The van der Waals surface area contributed by atoms with Crippen molar-refractivity contribution < 1.29 is 4.42 Å². The molecule has 0 spiro atoms. The second kappa shape index (κ2) is 5.71. The number of aryl methyl sites for hydroxylation is 1. The van der Waals surface area contributed by atoms with Gasteiger partial charge in [0.2, 0.25) is 11.8 Å². The van der Waals surface area contributed by atoms with Gasteiger partial charge in [-0.15, -0.1) is 21.8 Å². The van der Waals surface area contributed by atoms with Gasteiger partial charge in [-0.3, -0.25) is 0 Å². The zero-order valence-electron chi connectivity index (χ0n) is 8.79. The number of aromatic nitrogens is 2. The minimum Gasteiger partial charge on any atom is -0.421 e. The molecule has 0 fully saturated rings. The summed E-state index contributed by atoms with van der Waals surface area (Å²) in [5.74, 6) is 1.55. The lowest BCUT2D eigenvalue weighted by molar-refractivity contribution is 0.502. The van der Waals surface area contributed by atoms with E-state index in [1.165, 1.54) is 0 Å². The van der Waals surface area contributed by atoms with Gasteiger partial charge in [0.15, 0.2) is 0 Å². The lowest BCUT2D eigenvalue weighted by Crippen LogP contribution is -1.85. The Morgan fingerprint density at radius 1 is 1.06 bits per heavy atom. The highest BCUT2D eigenvalue weighted by molar-refractivity contribution is 6.35. The molecule has 0 saturated carbocycles. The molecule has 0 aliphatic rings.